The molecule has 0 radical (unpaired) electrons. The highest BCUT2D eigenvalue weighted by Crippen LogP contribution is 2.20. The maximum atomic E-state index is 5.59. The van der Waals surface area contributed by atoms with Crippen LogP contribution < -0.4 is 10.5 Å². The summed E-state index contributed by atoms with van der Waals surface area (Å²) in [5, 5.41) is 7.75. The lowest BCUT2D eigenvalue weighted by Gasteiger charge is -2.03. The summed E-state index contributed by atoms with van der Waals surface area (Å²) < 4.78 is 5.40. The van der Waals surface area contributed by atoms with Crippen molar-refractivity contribution >= 4 is 17.3 Å². The quantitative estimate of drug-likeness (QED) is 0.792. The van der Waals surface area contributed by atoms with Crippen molar-refractivity contribution in [2.24, 2.45) is 0 Å². The Balaban J connectivity index is 2.15. The van der Waals surface area contributed by atoms with Gasteiger partial charge < -0.3 is 10.5 Å². The third-order valence-electron chi connectivity index (χ3n) is 1.71. The van der Waals surface area contributed by atoms with Crippen LogP contribution >= 0.6 is 11.6 Å². The summed E-state index contributed by atoms with van der Waals surface area (Å²) in [6.45, 7) is 0. The molecule has 2 N–H and O–H groups in total. The molecule has 0 saturated heterocycles. The highest BCUT2D eigenvalue weighted by Gasteiger charge is 1.98. The molecule has 0 unspecified atom stereocenters. The van der Waals surface area contributed by atoms with E-state index in [4.69, 9.17) is 22.1 Å². The number of nitrogens with two attached hydrogens (primary N) is 1. The second-order valence-corrected chi connectivity index (χ2v) is 3.25. The van der Waals surface area contributed by atoms with Crippen LogP contribution in [0, 0.1) is 0 Å². The molecule has 0 fully saturated rings. The van der Waals surface area contributed by atoms with Gasteiger partial charge in [-0.2, -0.15) is 0 Å². The zero-order chi connectivity index (χ0) is 10.7. The summed E-state index contributed by atoms with van der Waals surface area (Å²) in [5.41, 5.74) is 6.22. The average molecular weight is 222 g/mol. The Bertz CT molecular complexity index is 398. The molecule has 76 valence electrons. The molecule has 4 nitrogen and oxygen atoms in total. The molecular formula is C10H8ClN3O. The standard InChI is InChI=1S/C10H8ClN3O/c11-9-5-6-10(14-13-9)15-8-3-1-7(12)2-4-8/h1-6H,12H2. The minimum atomic E-state index is 0.333. The number of hydrogen-bond donors (Lipinski definition) is 1. The predicted octanol–water partition coefficient (Wildman–Crippen LogP) is 2.50. The zero-order valence-corrected chi connectivity index (χ0v) is 8.48. The largest absolute Gasteiger partial charge is 0.438 e. The number of ether oxygens (including phenoxy) is 1. The van der Waals surface area contributed by atoms with E-state index in [9.17, 15) is 0 Å². The number of nitrogen functional groups attached to an aromatic ring is 1. The number of nitrogens with zero attached hydrogens (tertiary/aromatic N) is 2. The molecule has 0 aliphatic carbocycles. The van der Waals surface area contributed by atoms with Crippen molar-refractivity contribution in [2.75, 3.05) is 5.73 Å². The van der Waals surface area contributed by atoms with Gasteiger partial charge >= 0.3 is 0 Å². The van der Waals surface area contributed by atoms with E-state index >= 15 is 0 Å². The first-order valence-electron chi connectivity index (χ1n) is 4.27. The van der Waals surface area contributed by atoms with Crippen LogP contribution in [0.1, 0.15) is 0 Å². The number of benzene rings is 1. The van der Waals surface area contributed by atoms with Crippen LogP contribution in [-0.2, 0) is 0 Å². The second kappa shape index (κ2) is 4.14. The third kappa shape index (κ3) is 2.57. The Morgan fingerprint density at radius 1 is 1.00 bits per heavy atom. The predicted molar refractivity (Wildman–Crippen MR) is 58.0 cm³/mol. The van der Waals surface area contributed by atoms with Crippen LogP contribution in [0.15, 0.2) is 36.4 Å². The zero-order valence-electron chi connectivity index (χ0n) is 7.72. The number of rotatable bonds is 2. The van der Waals surface area contributed by atoms with E-state index in [1.165, 1.54) is 0 Å². The van der Waals surface area contributed by atoms with Crippen LogP contribution in [-0.4, -0.2) is 10.2 Å². The van der Waals surface area contributed by atoms with E-state index in [0.717, 1.165) is 0 Å². The van der Waals surface area contributed by atoms with Gasteiger partial charge in [0.05, 0.1) is 0 Å². The number of hydrogen-bond acceptors (Lipinski definition) is 4. The monoisotopic (exact) mass is 221 g/mol. The molecule has 0 bridgehead atoms. The van der Waals surface area contributed by atoms with Crippen molar-refractivity contribution in [3.63, 3.8) is 0 Å². The maximum absolute atomic E-state index is 5.59. The fourth-order valence-corrected chi connectivity index (χ4v) is 1.12. The number of aromatic nitrogens is 2. The van der Waals surface area contributed by atoms with E-state index in [0.29, 0.717) is 22.5 Å². The summed E-state index contributed by atoms with van der Waals surface area (Å²) in [6, 6.07) is 10.3. The molecular weight excluding hydrogens is 214 g/mol. The van der Waals surface area contributed by atoms with Crippen molar-refractivity contribution in [1.82, 2.24) is 10.2 Å². The third-order valence-corrected chi connectivity index (χ3v) is 1.91. The van der Waals surface area contributed by atoms with Crippen molar-refractivity contribution in [3.8, 4) is 11.6 Å². The molecule has 2 aromatic rings. The van der Waals surface area contributed by atoms with E-state index in [-0.39, 0.29) is 0 Å². The summed E-state index contributed by atoms with van der Waals surface area (Å²) in [5.74, 6) is 1.05. The molecule has 0 amide bonds. The summed E-state index contributed by atoms with van der Waals surface area (Å²) in [6.07, 6.45) is 0. The molecule has 0 aliphatic rings. The average Bonchev–Trinajstić information content (AvgIpc) is 2.25. The van der Waals surface area contributed by atoms with Gasteiger partial charge in [-0.1, -0.05) is 11.6 Å². The molecule has 0 aliphatic heterocycles. The Hall–Kier alpha value is -1.81. The van der Waals surface area contributed by atoms with Crippen LogP contribution in [0.4, 0.5) is 5.69 Å². The highest BCUT2D eigenvalue weighted by molar-refractivity contribution is 6.29. The number of anilines is 1. The van der Waals surface area contributed by atoms with Gasteiger partial charge in [0.2, 0.25) is 5.88 Å². The van der Waals surface area contributed by atoms with Gasteiger partial charge in [0.1, 0.15) is 5.75 Å². The Morgan fingerprint density at radius 3 is 2.33 bits per heavy atom. The SMILES string of the molecule is Nc1ccc(Oc2ccc(Cl)nn2)cc1. The maximum Gasteiger partial charge on any atom is 0.238 e. The molecule has 0 saturated carbocycles. The molecule has 2 rings (SSSR count). The van der Waals surface area contributed by atoms with Crippen LogP contribution in [0.3, 0.4) is 0 Å². The normalized spacial score (nSPS) is 9.93. The Kier molecular flexibility index (Phi) is 2.69. The van der Waals surface area contributed by atoms with Gasteiger partial charge in [-0.25, -0.2) is 0 Å². The summed E-state index contributed by atoms with van der Waals surface area (Å²) in [4.78, 5) is 0. The lowest BCUT2D eigenvalue weighted by atomic mass is 10.3. The smallest absolute Gasteiger partial charge is 0.238 e. The Morgan fingerprint density at radius 2 is 1.73 bits per heavy atom. The van der Waals surface area contributed by atoms with E-state index in [1.54, 1.807) is 36.4 Å². The van der Waals surface area contributed by atoms with Crippen molar-refractivity contribution in [2.45, 2.75) is 0 Å². The van der Waals surface area contributed by atoms with Gasteiger partial charge in [-0.3, -0.25) is 0 Å². The van der Waals surface area contributed by atoms with Gasteiger partial charge in [-0.15, -0.1) is 10.2 Å². The first-order chi connectivity index (χ1) is 7.24. The first-order valence-corrected chi connectivity index (χ1v) is 4.64. The minimum Gasteiger partial charge on any atom is -0.438 e. The van der Waals surface area contributed by atoms with E-state index in [1.807, 2.05) is 0 Å². The van der Waals surface area contributed by atoms with Gasteiger partial charge in [0, 0.05) is 11.8 Å². The first kappa shape index (κ1) is 9.73. The summed E-state index contributed by atoms with van der Waals surface area (Å²) >= 11 is 5.59. The highest BCUT2D eigenvalue weighted by atomic mass is 35.5. The molecule has 0 atom stereocenters. The molecule has 0 spiro atoms. The molecule has 1 aromatic carbocycles. The van der Waals surface area contributed by atoms with Crippen molar-refractivity contribution < 1.29 is 4.74 Å². The number of halogens is 1. The second-order valence-electron chi connectivity index (χ2n) is 2.87. The van der Waals surface area contributed by atoms with Crippen LogP contribution in [0.5, 0.6) is 11.6 Å². The fourth-order valence-electron chi connectivity index (χ4n) is 1.01. The minimum absolute atomic E-state index is 0.333. The Labute approximate surface area is 91.7 Å². The van der Waals surface area contributed by atoms with Gasteiger partial charge in [0.15, 0.2) is 5.15 Å². The molecule has 1 heterocycles. The van der Waals surface area contributed by atoms with Gasteiger partial charge in [-0.05, 0) is 30.3 Å². The lowest BCUT2D eigenvalue weighted by molar-refractivity contribution is 0.455. The molecule has 5 heteroatoms. The van der Waals surface area contributed by atoms with Crippen molar-refractivity contribution in [1.29, 1.82) is 0 Å². The van der Waals surface area contributed by atoms with Crippen LogP contribution in [0.25, 0.3) is 0 Å². The van der Waals surface area contributed by atoms with E-state index in [2.05, 4.69) is 10.2 Å². The van der Waals surface area contributed by atoms with E-state index < -0.39 is 0 Å². The van der Waals surface area contributed by atoms with Crippen molar-refractivity contribution in [3.05, 3.63) is 41.6 Å². The van der Waals surface area contributed by atoms with Crippen LogP contribution in [0.2, 0.25) is 5.15 Å². The molecule has 1 aromatic heterocycles. The topological polar surface area (TPSA) is 61.0 Å². The lowest BCUT2D eigenvalue weighted by Crippen LogP contribution is -1.90. The summed E-state index contributed by atoms with van der Waals surface area (Å²) in [7, 11) is 0. The molecule has 15 heavy (non-hydrogen) atoms. The fraction of sp³-hybridized carbons (Fsp3) is 0. The van der Waals surface area contributed by atoms with Gasteiger partial charge in [0.25, 0.3) is 0 Å².